The molecular weight excluding hydrogens is 178 g/mol. The van der Waals surface area contributed by atoms with E-state index in [1.807, 2.05) is 0 Å². The van der Waals surface area contributed by atoms with Crippen molar-refractivity contribution < 1.29 is 0 Å². The predicted octanol–water partition coefficient (Wildman–Crippen LogP) is 2.94. The van der Waals surface area contributed by atoms with Crippen molar-refractivity contribution in [2.75, 3.05) is 12.8 Å². The Balaban J connectivity index is 2.23. The van der Waals surface area contributed by atoms with Crippen LogP contribution < -0.4 is 0 Å². The van der Waals surface area contributed by atoms with E-state index in [0.717, 1.165) is 6.54 Å². The number of rotatable bonds is 1. The quantitative estimate of drug-likeness (QED) is 0.665. The lowest BCUT2D eigenvalue weighted by Gasteiger charge is -2.10. The van der Waals surface area contributed by atoms with Gasteiger partial charge in [0.05, 0.1) is 5.04 Å². The SMILES string of the molecule is CSC1=NCCC1c1ccccc1. The van der Waals surface area contributed by atoms with Crippen molar-refractivity contribution in [3.8, 4) is 0 Å². The number of hydrogen-bond acceptors (Lipinski definition) is 2. The molecule has 0 saturated heterocycles. The summed E-state index contributed by atoms with van der Waals surface area (Å²) in [5, 5.41) is 1.30. The average molecular weight is 191 g/mol. The van der Waals surface area contributed by atoms with E-state index in [2.05, 4.69) is 41.6 Å². The van der Waals surface area contributed by atoms with Gasteiger partial charge in [0.2, 0.25) is 0 Å². The molecule has 1 aliphatic heterocycles. The van der Waals surface area contributed by atoms with Crippen molar-refractivity contribution in [1.82, 2.24) is 0 Å². The highest BCUT2D eigenvalue weighted by atomic mass is 32.2. The fourth-order valence-electron chi connectivity index (χ4n) is 1.74. The van der Waals surface area contributed by atoms with Crippen LogP contribution in [-0.4, -0.2) is 17.8 Å². The van der Waals surface area contributed by atoms with Crippen molar-refractivity contribution in [2.45, 2.75) is 12.3 Å². The van der Waals surface area contributed by atoms with Gasteiger partial charge in [-0.25, -0.2) is 0 Å². The molecule has 2 heteroatoms. The molecule has 2 rings (SSSR count). The van der Waals surface area contributed by atoms with E-state index >= 15 is 0 Å². The second-order valence-corrected chi connectivity index (χ2v) is 4.00. The van der Waals surface area contributed by atoms with Crippen molar-refractivity contribution >= 4 is 16.8 Å². The molecule has 0 radical (unpaired) electrons. The second-order valence-electron chi connectivity index (χ2n) is 3.18. The minimum absolute atomic E-state index is 0.566. The first-order valence-corrected chi connectivity index (χ1v) is 5.77. The van der Waals surface area contributed by atoms with Crippen LogP contribution in [0.15, 0.2) is 35.3 Å². The lowest BCUT2D eigenvalue weighted by atomic mass is 9.99. The normalized spacial score (nSPS) is 21.6. The van der Waals surface area contributed by atoms with Crippen molar-refractivity contribution in [3.05, 3.63) is 35.9 Å². The number of hydrogen-bond donors (Lipinski definition) is 0. The first kappa shape index (κ1) is 8.82. The number of nitrogens with zero attached hydrogens (tertiary/aromatic N) is 1. The van der Waals surface area contributed by atoms with E-state index in [1.165, 1.54) is 17.0 Å². The smallest absolute Gasteiger partial charge is 0.0748 e. The molecule has 68 valence electrons. The summed E-state index contributed by atoms with van der Waals surface area (Å²) in [7, 11) is 0. The fourth-order valence-corrected chi connectivity index (χ4v) is 2.50. The van der Waals surface area contributed by atoms with E-state index in [-0.39, 0.29) is 0 Å². The molecule has 0 bridgehead atoms. The molecule has 1 aliphatic rings. The van der Waals surface area contributed by atoms with Crippen LogP contribution in [-0.2, 0) is 0 Å². The summed E-state index contributed by atoms with van der Waals surface area (Å²) in [5.41, 5.74) is 1.41. The van der Waals surface area contributed by atoms with Crippen LogP contribution in [0, 0.1) is 0 Å². The molecule has 0 amide bonds. The molecule has 1 aromatic carbocycles. The van der Waals surface area contributed by atoms with Gasteiger partial charge < -0.3 is 0 Å². The van der Waals surface area contributed by atoms with Crippen LogP contribution in [0.3, 0.4) is 0 Å². The van der Waals surface area contributed by atoms with Crippen molar-refractivity contribution in [1.29, 1.82) is 0 Å². The predicted molar refractivity (Wildman–Crippen MR) is 59.6 cm³/mol. The minimum Gasteiger partial charge on any atom is -0.282 e. The van der Waals surface area contributed by atoms with Gasteiger partial charge in [-0.15, -0.1) is 11.8 Å². The van der Waals surface area contributed by atoms with Gasteiger partial charge in [-0.05, 0) is 18.2 Å². The van der Waals surface area contributed by atoms with Crippen molar-refractivity contribution in [2.24, 2.45) is 4.99 Å². The van der Waals surface area contributed by atoms with E-state index in [9.17, 15) is 0 Å². The van der Waals surface area contributed by atoms with Gasteiger partial charge in [0.15, 0.2) is 0 Å². The lowest BCUT2D eigenvalue weighted by Crippen LogP contribution is -2.03. The van der Waals surface area contributed by atoms with Crippen LogP contribution in [0.1, 0.15) is 17.9 Å². The van der Waals surface area contributed by atoms with Crippen LogP contribution in [0.25, 0.3) is 0 Å². The first-order valence-electron chi connectivity index (χ1n) is 4.55. The molecule has 0 N–H and O–H groups in total. The molecule has 13 heavy (non-hydrogen) atoms. The zero-order valence-corrected chi connectivity index (χ0v) is 8.55. The van der Waals surface area contributed by atoms with Gasteiger partial charge in [-0.3, -0.25) is 4.99 Å². The van der Waals surface area contributed by atoms with Crippen molar-refractivity contribution in [3.63, 3.8) is 0 Å². The molecular formula is C11H13NS. The molecule has 1 aromatic rings. The van der Waals surface area contributed by atoms with E-state index < -0.39 is 0 Å². The summed E-state index contributed by atoms with van der Waals surface area (Å²) in [6.07, 6.45) is 3.29. The molecule has 0 aromatic heterocycles. The van der Waals surface area contributed by atoms with Gasteiger partial charge in [0, 0.05) is 12.5 Å². The van der Waals surface area contributed by atoms with Gasteiger partial charge in [0.1, 0.15) is 0 Å². The zero-order chi connectivity index (χ0) is 9.10. The average Bonchev–Trinajstić information content (AvgIpc) is 2.67. The van der Waals surface area contributed by atoms with Gasteiger partial charge in [-0.1, -0.05) is 30.3 Å². The molecule has 1 atom stereocenters. The van der Waals surface area contributed by atoms with Gasteiger partial charge in [-0.2, -0.15) is 0 Å². The Kier molecular flexibility index (Phi) is 2.69. The second kappa shape index (κ2) is 3.97. The Bertz CT molecular complexity index is 305. The molecule has 1 nitrogen and oxygen atoms in total. The molecule has 1 heterocycles. The Morgan fingerprint density at radius 1 is 1.31 bits per heavy atom. The third-order valence-electron chi connectivity index (χ3n) is 2.39. The first-order chi connectivity index (χ1) is 6.42. The van der Waals surface area contributed by atoms with E-state index in [0.29, 0.717) is 5.92 Å². The molecule has 0 fully saturated rings. The Morgan fingerprint density at radius 2 is 2.08 bits per heavy atom. The highest BCUT2D eigenvalue weighted by molar-refractivity contribution is 8.13. The van der Waals surface area contributed by atoms with Crippen LogP contribution in [0.2, 0.25) is 0 Å². The summed E-state index contributed by atoms with van der Waals surface area (Å²) in [6, 6.07) is 10.7. The standard InChI is InChI=1S/C11H13NS/c1-13-11-10(7-8-12-11)9-5-3-2-4-6-9/h2-6,10H,7-8H2,1H3. The molecule has 0 saturated carbocycles. The van der Waals surface area contributed by atoms with Gasteiger partial charge in [0.25, 0.3) is 0 Å². The topological polar surface area (TPSA) is 12.4 Å². The lowest BCUT2D eigenvalue weighted by molar-refractivity contribution is 0.846. The van der Waals surface area contributed by atoms with E-state index in [1.54, 1.807) is 11.8 Å². The van der Waals surface area contributed by atoms with Gasteiger partial charge >= 0.3 is 0 Å². The number of thioether (sulfide) groups is 1. The number of aliphatic imine (C=N–C) groups is 1. The Morgan fingerprint density at radius 3 is 2.77 bits per heavy atom. The third-order valence-corrected chi connectivity index (χ3v) is 3.23. The highest BCUT2D eigenvalue weighted by Gasteiger charge is 2.21. The fraction of sp³-hybridized carbons (Fsp3) is 0.364. The van der Waals surface area contributed by atoms with Crippen LogP contribution >= 0.6 is 11.8 Å². The Labute approximate surface area is 83.3 Å². The summed E-state index contributed by atoms with van der Waals surface area (Å²) in [5.74, 6) is 0.566. The summed E-state index contributed by atoms with van der Waals surface area (Å²) < 4.78 is 0. The molecule has 0 aliphatic carbocycles. The maximum absolute atomic E-state index is 4.49. The summed E-state index contributed by atoms with van der Waals surface area (Å²) >= 11 is 1.79. The number of benzene rings is 1. The summed E-state index contributed by atoms with van der Waals surface area (Å²) in [6.45, 7) is 0.996. The highest BCUT2D eigenvalue weighted by Crippen LogP contribution is 2.30. The monoisotopic (exact) mass is 191 g/mol. The maximum atomic E-state index is 4.49. The van der Waals surface area contributed by atoms with E-state index in [4.69, 9.17) is 0 Å². The molecule has 0 spiro atoms. The minimum atomic E-state index is 0.566. The summed E-state index contributed by atoms with van der Waals surface area (Å²) in [4.78, 5) is 4.49. The maximum Gasteiger partial charge on any atom is 0.0748 e. The zero-order valence-electron chi connectivity index (χ0n) is 7.73. The molecule has 1 unspecified atom stereocenters. The Hall–Kier alpha value is -0.760. The van der Waals surface area contributed by atoms with Crippen LogP contribution in [0.4, 0.5) is 0 Å². The largest absolute Gasteiger partial charge is 0.282 e. The van der Waals surface area contributed by atoms with Crippen LogP contribution in [0.5, 0.6) is 0 Å². The third kappa shape index (κ3) is 1.78.